The van der Waals surface area contributed by atoms with Crippen molar-refractivity contribution >= 4 is 12.0 Å². The van der Waals surface area contributed by atoms with Crippen LogP contribution in [0.3, 0.4) is 0 Å². The number of urea groups is 1. The number of hydrogen-bond donors (Lipinski definition) is 4. The third-order valence-electron chi connectivity index (χ3n) is 2.54. The van der Waals surface area contributed by atoms with Gasteiger partial charge in [-0.15, -0.1) is 0 Å². The quantitative estimate of drug-likeness (QED) is 0.633. The Hall–Kier alpha value is -2.90. The zero-order valence-corrected chi connectivity index (χ0v) is 10.5. The molecule has 0 aliphatic carbocycles. The van der Waals surface area contributed by atoms with E-state index in [0.717, 1.165) is 5.56 Å². The van der Waals surface area contributed by atoms with Crippen molar-refractivity contribution in [1.82, 2.24) is 25.8 Å². The van der Waals surface area contributed by atoms with E-state index in [9.17, 15) is 9.59 Å². The highest BCUT2D eigenvalue weighted by Gasteiger charge is 2.04. The molecule has 1 heterocycles. The lowest BCUT2D eigenvalue weighted by Crippen LogP contribution is -2.34. The Kier molecular flexibility index (Phi) is 4.28. The number of nitrogens with zero attached hydrogens (tertiary/aromatic N) is 2. The molecule has 2 amide bonds. The summed E-state index contributed by atoms with van der Waals surface area (Å²) >= 11 is 0. The molecule has 2 aromatic rings. The summed E-state index contributed by atoms with van der Waals surface area (Å²) in [7, 11) is 0. The van der Waals surface area contributed by atoms with E-state index >= 15 is 0 Å². The zero-order valence-electron chi connectivity index (χ0n) is 10.5. The standard InChI is InChI=1S/C12H13N5O3/c18-11(19)9-3-1-8(2-4-9)5-13-12(20)14-6-10-15-7-16-17-10/h1-4,7H,5-6H2,(H,18,19)(H2,13,14,20)(H,15,16,17). The van der Waals surface area contributed by atoms with Crippen molar-refractivity contribution in [3.8, 4) is 0 Å². The Morgan fingerprint density at radius 1 is 1.15 bits per heavy atom. The normalized spacial score (nSPS) is 10.0. The summed E-state index contributed by atoms with van der Waals surface area (Å²) in [5.41, 5.74) is 1.02. The molecule has 1 aromatic carbocycles. The zero-order chi connectivity index (χ0) is 14.4. The topological polar surface area (TPSA) is 120 Å². The second kappa shape index (κ2) is 6.32. The molecule has 0 aliphatic heterocycles. The number of amides is 2. The number of nitrogens with one attached hydrogen (secondary N) is 3. The molecular formula is C12H13N5O3. The number of hydrogen-bond acceptors (Lipinski definition) is 4. The first-order valence-corrected chi connectivity index (χ1v) is 5.83. The molecule has 104 valence electrons. The van der Waals surface area contributed by atoms with Gasteiger partial charge in [0, 0.05) is 6.54 Å². The monoisotopic (exact) mass is 275 g/mol. The number of carbonyl (C=O) groups is 2. The van der Waals surface area contributed by atoms with Gasteiger partial charge in [0.2, 0.25) is 0 Å². The number of aromatic amines is 1. The van der Waals surface area contributed by atoms with Gasteiger partial charge in [0.15, 0.2) is 0 Å². The molecule has 8 heteroatoms. The third-order valence-corrected chi connectivity index (χ3v) is 2.54. The van der Waals surface area contributed by atoms with Crippen molar-refractivity contribution in [2.75, 3.05) is 0 Å². The number of rotatable bonds is 5. The smallest absolute Gasteiger partial charge is 0.335 e. The van der Waals surface area contributed by atoms with E-state index in [4.69, 9.17) is 5.11 Å². The Morgan fingerprint density at radius 2 is 1.85 bits per heavy atom. The van der Waals surface area contributed by atoms with Gasteiger partial charge in [0.05, 0.1) is 12.1 Å². The molecule has 0 unspecified atom stereocenters. The molecule has 8 nitrogen and oxygen atoms in total. The van der Waals surface area contributed by atoms with Gasteiger partial charge in [0.1, 0.15) is 12.2 Å². The van der Waals surface area contributed by atoms with Gasteiger partial charge in [-0.25, -0.2) is 14.6 Å². The summed E-state index contributed by atoms with van der Waals surface area (Å²) in [5.74, 6) is -0.416. The van der Waals surface area contributed by atoms with Gasteiger partial charge in [-0.1, -0.05) is 12.1 Å². The second-order valence-electron chi connectivity index (χ2n) is 3.97. The molecular weight excluding hydrogens is 262 g/mol. The molecule has 0 atom stereocenters. The van der Waals surface area contributed by atoms with Crippen LogP contribution in [0.1, 0.15) is 21.7 Å². The van der Waals surface area contributed by atoms with E-state index in [1.54, 1.807) is 12.1 Å². The molecule has 20 heavy (non-hydrogen) atoms. The lowest BCUT2D eigenvalue weighted by atomic mass is 10.1. The molecule has 0 fully saturated rings. The van der Waals surface area contributed by atoms with Crippen LogP contribution in [-0.2, 0) is 13.1 Å². The Labute approximate surface area is 114 Å². The van der Waals surface area contributed by atoms with Gasteiger partial charge in [0.25, 0.3) is 0 Å². The Balaban J connectivity index is 1.76. The first kappa shape index (κ1) is 13.5. The number of aromatic nitrogens is 3. The van der Waals surface area contributed by atoms with Crippen LogP contribution in [0.25, 0.3) is 0 Å². The predicted octanol–water partition coefficient (Wildman–Crippen LogP) is 0.502. The van der Waals surface area contributed by atoms with E-state index in [-0.39, 0.29) is 18.1 Å². The highest BCUT2D eigenvalue weighted by molar-refractivity contribution is 5.87. The van der Waals surface area contributed by atoms with Crippen molar-refractivity contribution in [1.29, 1.82) is 0 Å². The van der Waals surface area contributed by atoms with Crippen LogP contribution < -0.4 is 10.6 Å². The van der Waals surface area contributed by atoms with E-state index in [1.807, 2.05) is 0 Å². The number of aromatic carboxylic acids is 1. The van der Waals surface area contributed by atoms with Crippen molar-refractivity contribution in [3.63, 3.8) is 0 Å². The molecule has 0 saturated carbocycles. The Bertz CT molecular complexity index is 580. The van der Waals surface area contributed by atoms with Crippen LogP contribution in [0.15, 0.2) is 30.6 Å². The first-order chi connectivity index (χ1) is 9.65. The maximum absolute atomic E-state index is 11.5. The first-order valence-electron chi connectivity index (χ1n) is 5.83. The fourth-order valence-corrected chi connectivity index (χ4v) is 1.49. The number of benzene rings is 1. The largest absolute Gasteiger partial charge is 0.478 e. The van der Waals surface area contributed by atoms with Crippen LogP contribution in [0.2, 0.25) is 0 Å². The van der Waals surface area contributed by atoms with Crippen molar-refractivity contribution in [2.45, 2.75) is 13.1 Å². The highest BCUT2D eigenvalue weighted by Crippen LogP contribution is 2.04. The van der Waals surface area contributed by atoms with Gasteiger partial charge >= 0.3 is 12.0 Å². The SMILES string of the molecule is O=C(NCc1ccc(C(=O)O)cc1)NCc1ncn[nH]1. The van der Waals surface area contributed by atoms with Crippen LogP contribution in [0.5, 0.6) is 0 Å². The average molecular weight is 275 g/mol. The lowest BCUT2D eigenvalue weighted by molar-refractivity contribution is 0.0697. The number of carbonyl (C=O) groups excluding carboxylic acids is 1. The Morgan fingerprint density at radius 3 is 2.45 bits per heavy atom. The molecule has 0 saturated heterocycles. The van der Waals surface area contributed by atoms with Gasteiger partial charge in [-0.3, -0.25) is 5.10 Å². The molecule has 2 rings (SSSR count). The van der Waals surface area contributed by atoms with E-state index in [0.29, 0.717) is 12.4 Å². The summed E-state index contributed by atoms with van der Waals surface area (Å²) < 4.78 is 0. The summed E-state index contributed by atoms with van der Waals surface area (Å²) in [6.45, 7) is 0.561. The maximum Gasteiger partial charge on any atom is 0.335 e. The second-order valence-corrected chi connectivity index (χ2v) is 3.97. The summed E-state index contributed by atoms with van der Waals surface area (Å²) in [4.78, 5) is 26.1. The molecule has 0 radical (unpaired) electrons. The number of carboxylic acid groups (broad SMARTS) is 1. The van der Waals surface area contributed by atoms with Gasteiger partial charge in [-0.05, 0) is 17.7 Å². The number of carboxylic acids is 1. The molecule has 0 aliphatic rings. The summed E-state index contributed by atoms with van der Waals surface area (Å²) in [5, 5.41) is 20.3. The van der Waals surface area contributed by atoms with E-state index < -0.39 is 5.97 Å². The summed E-state index contributed by atoms with van der Waals surface area (Å²) in [6.07, 6.45) is 1.36. The predicted molar refractivity (Wildman–Crippen MR) is 68.9 cm³/mol. The van der Waals surface area contributed by atoms with Crippen molar-refractivity contribution in [3.05, 3.63) is 47.5 Å². The highest BCUT2D eigenvalue weighted by atomic mass is 16.4. The summed E-state index contributed by atoms with van der Waals surface area (Å²) in [6, 6.07) is 5.95. The van der Waals surface area contributed by atoms with Crippen LogP contribution in [0.4, 0.5) is 4.79 Å². The van der Waals surface area contributed by atoms with Gasteiger partial charge in [-0.2, -0.15) is 5.10 Å². The van der Waals surface area contributed by atoms with Crippen LogP contribution in [0, 0.1) is 0 Å². The minimum Gasteiger partial charge on any atom is -0.478 e. The average Bonchev–Trinajstić information content (AvgIpc) is 2.96. The molecule has 0 bridgehead atoms. The third kappa shape index (κ3) is 3.80. The molecule has 4 N–H and O–H groups in total. The van der Waals surface area contributed by atoms with Crippen LogP contribution in [-0.4, -0.2) is 32.3 Å². The lowest BCUT2D eigenvalue weighted by Gasteiger charge is -2.06. The number of H-pyrrole nitrogens is 1. The van der Waals surface area contributed by atoms with Crippen molar-refractivity contribution in [2.24, 2.45) is 0 Å². The maximum atomic E-state index is 11.5. The minimum absolute atomic E-state index is 0.212. The fourth-order valence-electron chi connectivity index (χ4n) is 1.49. The fraction of sp³-hybridized carbons (Fsp3) is 0.167. The van der Waals surface area contributed by atoms with Gasteiger partial charge < -0.3 is 15.7 Å². The van der Waals surface area contributed by atoms with Crippen molar-refractivity contribution < 1.29 is 14.7 Å². The van der Waals surface area contributed by atoms with Crippen LogP contribution >= 0.6 is 0 Å². The minimum atomic E-state index is -0.977. The van der Waals surface area contributed by atoms with E-state index in [1.165, 1.54) is 18.5 Å². The van der Waals surface area contributed by atoms with E-state index in [2.05, 4.69) is 25.8 Å². The molecule has 1 aromatic heterocycles. The molecule has 0 spiro atoms.